The lowest BCUT2D eigenvalue weighted by molar-refractivity contribution is 0.275. The van der Waals surface area contributed by atoms with Crippen molar-refractivity contribution in [2.75, 3.05) is 7.11 Å². The smallest absolute Gasteiger partial charge is 0.161 e. The van der Waals surface area contributed by atoms with E-state index >= 15 is 0 Å². The Bertz CT molecular complexity index is 552. The molecule has 0 radical (unpaired) electrons. The molecular weight excluding hydrogens is 296 g/mol. The summed E-state index contributed by atoms with van der Waals surface area (Å²) in [5.41, 5.74) is 1.95. The quantitative estimate of drug-likeness (QED) is 0.870. The summed E-state index contributed by atoms with van der Waals surface area (Å²) >= 11 is 3.52. The third kappa shape index (κ3) is 2.51. The number of aromatic nitrogens is 2. The number of halogens is 1. The number of hydrogen-bond acceptors (Lipinski definition) is 3. The van der Waals surface area contributed by atoms with Crippen LogP contribution in [0.25, 0.3) is 0 Å². The van der Waals surface area contributed by atoms with E-state index in [1.165, 1.54) is 0 Å². The number of hydrogen-bond donors (Lipinski definition) is 0. The van der Waals surface area contributed by atoms with Crippen molar-refractivity contribution in [3.63, 3.8) is 0 Å². The van der Waals surface area contributed by atoms with Crippen molar-refractivity contribution in [2.45, 2.75) is 13.5 Å². The van der Waals surface area contributed by atoms with Crippen LogP contribution < -0.4 is 9.47 Å². The van der Waals surface area contributed by atoms with Crippen molar-refractivity contribution in [3.8, 4) is 11.5 Å². The molecule has 18 heavy (non-hydrogen) atoms. The summed E-state index contributed by atoms with van der Waals surface area (Å²) in [6.07, 6.45) is 0. The summed E-state index contributed by atoms with van der Waals surface area (Å²) < 4.78 is 13.8. The second kappa shape index (κ2) is 5.44. The molecule has 0 aliphatic rings. The Hall–Kier alpha value is -1.49. The number of nitrogens with zero attached hydrogens (tertiary/aromatic N) is 2. The van der Waals surface area contributed by atoms with E-state index in [0.717, 1.165) is 27.4 Å². The number of aryl methyl sites for hydroxylation is 2. The van der Waals surface area contributed by atoms with Crippen LogP contribution in [-0.4, -0.2) is 16.9 Å². The number of methoxy groups -OCH3 is 1. The Morgan fingerprint density at radius 1 is 1.28 bits per heavy atom. The van der Waals surface area contributed by atoms with Crippen molar-refractivity contribution in [1.82, 2.24) is 9.78 Å². The second-order valence-electron chi connectivity index (χ2n) is 3.91. The van der Waals surface area contributed by atoms with Gasteiger partial charge in [0.15, 0.2) is 11.5 Å². The molecule has 0 aliphatic heterocycles. The van der Waals surface area contributed by atoms with Crippen molar-refractivity contribution in [1.29, 1.82) is 0 Å². The molecule has 0 saturated carbocycles. The molecule has 0 bridgehead atoms. The first-order valence-corrected chi connectivity index (χ1v) is 6.36. The predicted molar refractivity (Wildman–Crippen MR) is 73.0 cm³/mol. The minimum atomic E-state index is 0.443. The third-order valence-corrected chi connectivity index (χ3v) is 3.73. The lowest BCUT2D eigenvalue weighted by Crippen LogP contribution is -2.04. The van der Waals surface area contributed by atoms with Gasteiger partial charge in [-0.1, -0.05) is 12.1 Å². The summed E-state index contributed by atoms with van der Waals surface area (Å²) in [4.78, 5) is 0. The molecule has 1 aromatic heterocycles. The fraction of sp³-hybridized carbons (Fsp3) is 0.308. The van der Waals surface area contributed by atoms with Gasteiger partial charge in [0.25, 0.3) is 0 Å². The monoisotopic (exact) mass is 310 g/mol. The van der Waals surface area contributed by atoms with Gasteiger partial charge in [0.1, 0.15) is 6.61 Å². The molecule has 0 saturated heterocycles. The van der Waals surface area contributed by atoms with Gasteiger partial charge in [0.05, 0.1) is 23.0 Å². The Morgan fingerprint density at radius 3 is 2.50 bits per heavy atom. The Morgan fingerprint density at radius 2 is 1.94 bits per heavy atom. The first-order chi connectivity index (χ1) is 8.63. The summed E-state index contributed by atoms with van der Waals surface area (Å²) in [6, 6.07) is 7.59. The second-order valence-corrected chi connectivity index (χ2v) is 4.70. The van der Waals surface area contributed by atoms with E-state index in [1.807, 2.05) is 42.9 Å². The Labute approximate surface area is 115 Å². The summed E-state index contributed by atoms with van der Waals surface area (Å²) in [7, 11) is 3.53. The predicted octanol–water partition coefficient (Wildman–Crippen LogP) is 3.08. The van der Waals surface area contributed by atoms with Gasteiger partial charge in [-0.15, -0.1) is 0 Å². The maximum absolute atomic E-state index is 5.77. The highest BCUT2D eigenvalue weighted by Crippen LogP contribution is 2.28. The van der Waals surface area contributed by atoms with E-state index < -0.39 is 0 Å². The van der Waals surface area contributed by atoms with Crippen molar-refractivity contribution in [3.05, 3.63) is 40.1 Å². The van der Waals surface area contributed by atoms with E-state index in [-0.39, 0.29) is 0 Å². The number of ether oxygens (including phenoxy) is 2. The molecule has 0 N–H and O–H groups in total. The van der Waals surface area contributed by atoms with E-state index in [4.69, 9.17) is 9.47 Å². The van der Waals surface area contributed by atoms with Crippen LogP contribution >= 0.6 is 15.9 Å². The SMILES string of the molecule is COc1ccccc1OCc1c(Br)c(C)nn1C. The molecule has 0 aliphatic carbocycles. The van der Waals surface area contributed by atoms with E-state index in [0.29, 0.717) is 6.61 Å². The lowest BCUT2D eigenvalue weighted by atomic mass is 10.3. The fourth-order valence-corrected chi connectivity index (χ4v) is 2.17. The highest BCUT2D eigenvalue weighted by molar-refractivity contribution is 9.10. The minimum Gasteiger partial charge on any atom is -0.493 e. The molecule has 0 atom stereocenters. The van der Waals surface area contributed by atoms with Crippen LogP contribution in [-0.2, 0) is 13.7 Å². The third-order valence-electron chi connectivity index (χ3n) is 2.70. The first-order valence-electron chi connectivity index (χ1n) is 5.57. The highest BCUT2D eigenvalue weighted by Gasteiger charge is 2.12. The Balaban J connectivity index is 2.16. The molecule has 2 rings (SSSR count). The first kappa shape index (κ1) is 13.0. The zero-order valence-electron chi connectivity index (χ0n) is 10.6. The van der Waals surface area contributed by atoms with Crippen molar-refractivity contribution in [2.24, 2.45) is 7.05 Å². The molecule has 2 aromatic rings. The van der Waals surface area contributed by atoms with Crippen LogP contribution in [0.5, 0.6) is 11.5 Å². The molecular formula is C13H15BrN2O2. The van der Waals surface area contributed by atoms with Crippen LogP contribution in [0.4, 0.5) is 0 Å². The van der Waals surface area contributed by atoms with Crippen LogP contribution in [0.1, 0.15) is 11.4 Å². The summed E-state index contributed by atoms with van der Waals surface area (Å²) in [5.74, 6) is 1.46. The van der Waals surface area contributed by atoms with Crippen LogP contribution in [0.2, 0.25) is 0 Å². The minimum absolute atomic E-state index is 0.443. The summed E-state index contributed by atoms with van der Waals surface area (Å²) in [5, 5.41) is 4.32. The number of rotatable bonds is 4. The van der Waals surface area contributed by atoms with Gasteiger partial charge in [-0.3, -0.25) is 4.68 Å². The van der Waals surface area contributed by atoms with Gasteiger partial charge in [-0.2, -0.15) is 5.10 Å². The van der Waals surface area contributed by atoms with Gasteiger partial charge in [0, 0.05) is 7.05 Å². The molecule has 96 valence electrons. The van der Waals surface area contributed by atoms with Gasteiger partial charge in [-0.25, -0.2) is 0 Å². The maximum atomic E-state index is 5.77. The van der Waals surface area contributed by atoms with Gasteiger partial charge in [0.2, 0.25) is 0 Å². The molecule has 1 heterocycles. The van der Waals surface area contributed by atoms with Crippen LogP contribution in [0, 0.1) is 6.92 Å². The molecule has 0 unspecified atom stereocenters. The van der Waals surface area contributed by atoms with Crippen molar-refractivity contribution >= 4 is 15.9 Å². The number of para-hydroxylation sites is 2. The average Bonchev–Trinajstić information content (AvgIpc) is 2.62. The molecule has 0 amide bonds. The average molecular weight is 311 g/mol. The molecule has 0 spiro atoms. The van der Waals surface area contributed by atoms with Gasteiger partial charge >= 0.3 is 0 Å². The summed E-state index contributed by atoms with van der Waals surface area (Å²) in [6.45, 7) is 2.40. The largest absolute Gasteiger partial charge is 0.493 e. The standard InChI is InChI=1S/C13H15BrN2O2/c1-9-13(14)10(16(2)15-9)8-18-12-7-5-4-6-11(12)17-3/h4-7H,8H2,1-3H3. The number of benzene rings is 1. The van der Waals surface area contributed by atoms with Gasteiger partial charge in [-0.05, 0) is 35.0 Å². The zero-order chi connectivity index (χ0) is 13.1. The van der Waals surface area contributed by atoms with Crippen molar-refractivity contribution < 1.29 is 9.47 Å². The molecule has 4 nitrogen and oxygen atoms in total. The van der Waals surface area contributed by atoms with E-state index in [9.17, 15) is 0 Å². The normalized spacial score (nSPS) is 10.4. The Kier molecular flexibility index (Phi) is 3.91. The van der Waals surface area contributed by atoms with Crippen LogP contribution in [0.3, 0.4) is 0 Å². The fourth-order valence-electron chi connectivity index (χ4n) is 1.72. The maximum Gasteiger partial charge on any atom is 0.161 e. The van der Waals surface area contributed by atoms with E-state index in [2.05, 4.69) is 21.0 Å². The molecule has 1 aromatic carbocycles. The van der Waals surface area contributed by atoms with Crippen LogP contribution in [0.15, 0.2) is 28.7 Å². The molecule has 5 heteroatoms. The lowest BCUT2D eigenvalue weighted by Gasteiger charge is -2.10. The highest BCUT2D eigenvalue weighted by atomic mass is 79.9. The van der Waals surface area contributed by atoms with Gasteiger partial charge < -0.3 is 9.47 Å². The topological polar surface area (TPSA) is 36.3 Å². The van der Waals surface area contributed by atoms with E-state index in [1.54, 1.807) is 7.11 Å². The zero-order valence-corrected chi connectivity index (χ0v) is 12.2. The molecule has 0 fully saturated rings.